The average molecular weight is 222 g/mol. The van der Waals surface area contributed by atoms with Gasteiger partial charge in [0, 0.05) is 31.3 Å². The average Bonchev–Trinajstić information content (AvgIpc) is 2.74. The highest BCUT2D eigenvalue weighted by atomic mass is 16.2. The molecule has 16 heavy (non-hydrogen) atoms. The highest BCUT2D eigenvalue weighted by Crippen LogP contribution is 2.04. The summed E-state index contributed by atoms with van der Waals surface area (Å²) < 4.78 is 0. The lowest BCUT2D eigenvalue weighted by atomic mass is 10.1. The third-order valence-electron chi connectivity index (χ3n) is 2.58. The predicted octanol–water partition coefficient (Wildman–Crippen LogP) is -0.653. The molecule has 3 N–H and O–H groups in total. The van der Waals surface area contributed by atoms with E-state index in [-0.39, 0.29) is 17.9 Å². The molecule has 1 fully saturated rings. The summed E-state index contributed by atoms with van der Waals surface area (Å²) in [5.74, 6) is -0.405. The lowest BCUT2D eigenvalue weighted by molar-refractivity contribution is -0.134. The molecule has 1 aliphatic heterocycles. The van der Waals surface area contributed by atoms with Crippen molar-refractivity contribution in [3.63, 3.8) is 0 Å². The number of amides is 2. The number of nitrogens with one attached hydrogen (secondary N) is 3. The molecule has 86 valence electrons. The largest absolute Gasteiger partial charge is 0.348 e. The molecule has 1 unspecified atom stereocenters. The van der Waals surface area contributed by atoms with Gasteiger partial charge in [0.05, 0.1) is 12.4 Å². The molecule has 0 aliphatic carbocycles. The van der Waals surface area contributed by atoms with E-state index in [1.165, 1.54) is 0 Å². The van der Waals surface area contributed by atoms with E-state index >= 15 is 0 Å². The Kier molecular flexibility index (Phi) is 3.31. The van der Waals surface area contributed by atoms with Crippen LogP contribution in [0.15, 0.2) is 12.5 Å². The van der Waals surface area contributed by atoms with Gasteiger partial charge < -0.3 is 10.3 Å². The number of hydrogen-bond donors (Lipinski definition) is 3. The van der Waals surface area contributed by atoms with Gasteiger partial charge in [0.25, 0.3) is 0 Å². The van der Waals surface area contributed by atoms with Gasteiger partial charge in [-0.05, 0) is 6.42 Å². The van der Waals surface area contributed by atoms with E-state index < -0.39 is 0 Å². The van der Waals surface area contributed by atoms with Crippen LogP contribution >= 0.6 is 0 Å². The zero-order chi connectivity index (χ0) is 11.4. The first kappa shape index (κ1) is 10.8. The number of rotatable bonds is 4. The molecule has 2 rings (SSSR count). The molecule has 0 radical (unpaired) electrons. The van der Waals surface area contributed by atoms with Crippen molar-refractivity contribution in [1.82, 2.24) is 20.6 Å². The van der Waals surface area contributed by atoms with E-state index in [1.807, 2.05) is 0 Å². The number of H-pyrrole nitrogens is 1. The van der Waals surface area contributed by atoms with Gasteiger partial charge in [0.15, 0.2) is 0 Å². The van der Waals surface area contributed by atoms with Crippen LogP contribution in [0.5, 0.6) is 0 Å². The lowest BCUT2D eigenvalue weighted by Crippen LogP contribution is -2.51. The van der Waals surface area contributed by atoms with E-state index in [9.17, 15) is 9.59 Å². The first-order chi connectivity index (χ1) is 7.75. The van der Waals surface area contributed by atoms with Crippen LogP contribution in [0.25, 0.3) is 0 Å². The van der Waals surface area contributed by atoms with Crippen molar-refractivity contribution >= 4 is 11.8 Å². The van der Waals surface area contributed by atoms with Gasteiger partial charge in [-0.25, -0.2) is 4.98 Å². The van der Waals surface area contributed by atoms with Crippen LogP contribution in [-0.2, 0) is 16.0 Å². The molecule has 6 heteroatoms. The Morgan fingerprint density at radius 1 is 1.50 bits per heavy atom. The molecule has 2 heterocycles. The summed E-state index contributed by atoms with van der Waals surface area (Å²) in [6, 6.07) is -0.249. The molecule has 0 spiro atoms. The van der Waals surface area contributed by atoms with Gasteiger partial charge >= 0.3 is 0 Å². The lowest BCUT2D eigenvalue weighted by Gasteiger charge is -2.21. The van der Waals surface area contributed by atoms with E-state index in [4.69, 9.17) is 0 Å². The van der Waals surface area contributed by atoms with Crippen molar-refractivity contribution in [1.29, 1.82) is 0 Å². The van der Waals surface area contributed by atoms with Gasteiger partial charge in [0.2, 0.25) is 11.8 Å². The van der Waals surface area contributed by atoms with E-state index in [2.05, 4.69) is 20.6 Å². The number of piperidine rings is 1. The number of aromatic nitrogens is 2. The van der Waals surface area contributed by atoms with Crippen LogP contribution in [-0.4, -0.2) is 34.4 Å². The summed E-state index contributed by atoms with van der Waals surface area (Å²) >= 11 is 0. The zero-order valence-electron chi connectivity index (χ0n) is 8.82. The maximum Gasteiger partial charge on any atom is 0.243 e. The van der Waals surface area contributed by atoms with Crippen LogP contribution in [0, 0.1) is 0 Å². The molecule has 1 atom stereocenters. The quantitative estimate of drug-likeness (QED) is 0.591. The zero-order valence-corrected chi connectivity index (χ0v) is 8.82. The highest BCUT2D eigenvalue weighted by molar-refractivity contribution is 6.00. The van der Waals surface area contributed by atoms with Crippen molar-refractivity contribution < 1.29 is 9.59 Å². The van der Waals surface area contributed by atoms with Gasteiger partial charge in [-0.15, -0.1) is 0 Å². The Labute approximate surface area is 92.8 Å². The second-order valence-electron chi connectivity index (χ2n) is 3.78. The minimum atomic E-state index is -0.249. The Bertz CT molecular complexity index is 374. The molecule has 0 bridgehead atoms. The van der Waals surface area contributed by atoms with Crippen molar-refractivity contribution in [3.05, 3.63) is 18.2 Å². The van der Waals surface area contributed by atoms with Crippen LogP contribution < -0.4 is 10.6 Å². The second-order valence-corrected chi connectivity index (χ2v) is 3.78. The molecule has 1 aromatic heterocycles. The number of aromatic amines is 1. The number of imidazole rings is 1. The fourth-order valence-corrected chi connectivity index (χ4v) is 1.69. The van der Waals surface area contributed by atoms with Gasteiger partial charge in [-0.2, -0.15) is 0 Å². The number of hydrogen-bond acceptors (Lipinski definition) is 4. The number of carbonyl (C=O) groups excluding carboxylic acids is 2. The molecule has 1 aliphatic rings. The summed E-state index contributed by atoms with van der Waals surface area (Å²) in [5.41, 5.74) is 1.03. The summed E-state index contributed by atoms with van der Waals surface area (Å²) in [6.45, 7) is 0.689. The molecular formula is C10H14N4O2. The third-order valence-corrected chi connectivity index (χ3v) is 2.58. The maximum atomic E-state index is 11.4. The van der Waals surface area contributed by atoms with Crippen molar-refractivity contribution in [2.45, 2.75) is 25.3 Å². The second kappa shape index (κ2) is 4.89. The van der Waals surface area contributed by atoms with Crippen molar-refractivity contribution in [2.24, 2.45) is 0 Å². The van der Waals surface area contributed by atoms with Gasteiger partial charge in [-0.1, -0.05) is 0 Å². The Morgan fingerprint density at radius 2 is 2.38 bits per heavy atom. The molecule has 2 amide bonds. The Balaban J connectivity index is 1.74. The number of carbonyl (C=O) groups is 2. The minimum absolute atomic E-state index is 0.184. The fraction of sp³-hybridized carbons (Fsp3) is 0.500. The first-order valence-corrected chi connectivity index (χ1v) is 5.30. The van der Waals surface area contributed by atoms with Crippen LogP contribution in [0.3, 0.4) is 0 Å². The molecule has 1 aromatic rings. The molecule has 6 nitrogen and oxygen atoms in total. The van der Waals surface area contributed by atoms with E-state index in [1.54, 1.807) is 12.5 Å². The minimum Gasteiger partial charge on any atom is -0.348 e. The van der Waals surface area contributed by atoms with Crippen LogP contribution in [0.4, 0.5) is 0 Å². The van der Waals surface area contributed by atoms with E-state index in [0.717, 1.165) is 12.1 Å². The molecular weight excluding hydrogens is 208 g/mol. The summed E-state index contributed by atoms with van der Waals surface area (Å²) in [4.78, 5) is 29.2. The summed E-state index contributed by atoms with van der Waals surface area (Å²) in [6.07, 6.45) is 5.16. The predicted molar refractivity (Wildman–Crippen MR) is 56.5 cm³/mol. The SMILES string of the molecule is O=C1CCC(NCCc2cnc[nH]2)C(=O)N1. The third kappa shape index (κ3) is 2.66. The van der Waals surface area contributed by atoms with Gasteiger partial charge in [-0.3, -0.25) is 14.9 Å². The van der Waals surface area contributed by atoms with Gasteiger partial charge in [0.1, 0.15) is 0 Å². The maximum absolute atomic E-state index is 11.4. The van der Waals surface area contributed by atoms with Crippen molar-refractivity contribution in [2.75, 3.05) is 6.54 Å². The summed E-state index contributed by atoms with van der Waals surface area (Å²) in [7, 11) is 0. The Morgan fingerprint density at radius 3 is 3.06 bits per heavy atom. The highest BCUT2D eigenvalue weighted by Gasteiger charge is 2.25. The molecule has 0 saturated carbocycles. The standard InChI is InChI=1S/C10H14N4O2/c15-9-2-1-8(10(16)14-9)12-4-3-7-5-11-6-13-7/h5-6,8,12H,1-4H2,(H,11,13)(H,14,15,16). The Hall–Kier alpha value is -1.69. The topological polar surface area (TPSA) is 86.9 Å². The monoisotopic (exact) mass is 222 g/mol. The number of nitrogens with zero attached hydrogens (tertiary/aromatic N) is 1. The fourth-order valence-electron chi connectivity index (χ4n) is 1.69. The van der Waals surface area contributed by atoms with Crippen LogP contribution in [0.1, 0.15) is 18.5 Å². The first-order valence-electron chi connectivity index (χ1n) is 5.30. The van der Waals surface area contributed by atoms with E-state index in [0.29, 0.717) is 19.4 Å². The van der Waals surface area contributed by atoms with Crippen LogP contribution in [0.2, 0.25) is 0 Å². The molecule has 1 saturated heterocycles. The normalized spacial score (nSPS) is 20.9. The smallest absolute Gasteiger partial charge is 0.243 e. The molecule has 0 aromatic carbocycles. The number of imide groups is 1. The summed E-state index contributed by atoms with van der Waals surface area (Å²) in [5, 5.41) is 5.43. The van der Waals surface area contributed by atoms with Crippen molar-refractivity contribution in [3.8, 4) is 0 Å².